The summed E-state index contributed by atoms with van der Waals surface area (Å²) in [6, 6.07) is 0. The summed E-state index contributed by atoms with van der Waals surface area (Å²) in [6.07, 6.45) is 5.65. The van der Waals surface area contributed by atoms with Gasteiger partial charge in [-0.3, -0.25) is 9.59 Å². The maximum Gasteiger partial charge on any atom is 0.239 e. The Morgan fingerprint density at radius 2 is 2.33 bits per heavy atom. The highest BCUT2D eigenvalue weighted by Gasteiger charge is 2.21. The van der Waals surface area contributed by atoms with Crippen molar-refractivity contribution in [1.29, 1.82) is 0 Å². The molecule has 2 rings (SSSR count). The van der Waals surface area contributed by atoms with Gasteiger partial charge in [-0.1, -0.05) is 11.6 Å². The van der Waals surface area contributed by atoms with E-state index in [4.69, 9.17) is 0 Å². The Hall–Kier alpha value is -1.36. The average Bonchev–Trinajstić information content (AvgIpc) is 2.76. The lowest BCUT2D eigenvalue weighted by Crippen LogP contribution is -2.38. The first-order valence-electron chi connectivity index (χ1n) is 6.69. The van der Waals surface area contributed by atoms with E-state index in [0.717, 1.165) is 38.9 Å². The Morgan fingerprint density at radius 1 is 1.44 bits per heavy atom. The number of nitrogens with zero attached hydrogens (tertiary/aromatic N) is 1. The molecule has 2 aliphatic heterocycles. The average molecular weight is 251 g/mol. The first-order chi connectivity index (χ1) is 8.75. The van der Waals surface area contributed by atoms with E-state index in [0.29, 0.717) is 13.0 Å². The number of rotatable bonds is 5. The van der Waals surface area contributed by atoms with E-state index in [9.17, 15) is 9.59 Å². The van der Waals surface area contributed by atoms with Gasteiger partial charge >= 0.3 is 0 Å². The van der Waals surface area contributed by atoms with Crippen LogP contribution in [0.5, 0.6) is 0 Å². The number of carbonyl (C=O) groups excluding carboxylic acids is 2. The van der Waals surface area contributed by atoms with Gasteiger partial charge in [0.05, 0.1) is 6.54 Å². The smallest absolute Gasteiger partial charge is 0.239 e. The zero-order valence-electron chi connectivity index (χ0n) is 10.7. The fourth-order valence-corrected chi connectivity index (χ4v) is 2.36. The van der Waals surface area contributed by atoms with Gasteiger partial charge in [0.2, 0.25) is 11.8 Å². The highest BCUT2D eigenvalue weighted by molar-refractivity contribution is 5.85. The minimum atomic E-state index is -0.0419. The van der Waals surface area contributed by atoms with E-state index in [-0.39, 0.29) is 18.4 Å². The molecule has 2 heterocycles. The Balaban J connectivity index is 1.62. The summed E-state index contributed by atoms with van der Waals surface area (Å²) in [5, 5.41) is 6.14. The Kier molecular flexibility index (Phi) is 4.75. The Morgan fingerprint density at radius 3 is 3.00 bits per heavy atom. The van der Waals surface area contributed by atoms with Gasteiger partial charge in [0, 0.05) is 26.1 Å². The second kappa shape index (κ2) is 6.54. The maximum atomic E-state index is 11.6. The van der Waals surface area contributed by atoms with Gasteiger partial charge in [0.15, 0.2) is 0 Å². The molecule has 0 spiro atoms. The summed E-state index contributed by atoms with van der Waals surface area (Å²) in [5.74, 6) is 0.0611. The lowest BCUT2D eigenvalue weighted by Gasteiger charge is -2.16. The molecule has 0 aromatic heterocycles. The summed E-state index contributed by atoms with van der Waals surface area (Å²) in [7, 11) is 0. The number of amides is 2. The second-order valence-electron chi connectivity index (χ2n) is 4.84. The molecule has 2 amide bonds. The summed E-state index contributed by atoms with van der Waals surface area (Å²) < 4.78 is 0. The fourth-order valence-electron chi connectivity index (χ4n) is 2.36. The number of carbonyl (C=O) groups is 2. The number of likely N-dealkylation sites (tertiary alicyclic amines) is 1. The molecule has 0 radical (unpaired) electrons. The molecule has 1 saturated heterocycles. The quantitative estimate of drug-likeness (QED) is 0.678. The molecule has 1 fully saturated rings. The molecule has 2 aliphatic rings. The van der Waals surface area contributed by atoms with Crippen LogP contribution in [0.1, 0.15) is 25.7 Å². The van der Waals surface area contributed by atoms with Crippen LogP contribution in [0.25, 0.3) is 0 Å². The molecule has 5 heteroatoms. The molecule has 5 nitrogen and oxygen atoms in total. The van der Waals surface area contributed by atoms with Gasteiger partial charge in [0.1, 0.15) is 0 Å². The monoisotopic (exact) mass is 251 g/mol. The van der Waals surface area contributed by atoms with E-state index >= 15 is 0 Å². The highest BCUT2D eigenvalue weighted by atomic mass is 16.2. The Bertz CT molecular complexity index is 352. The molecule has 0 atom stereocenters. The predicted octanol–water partition coefficient (Wildman–Crippen LogP) is 0.0348. The zero-order chi connectivity index (χ0) is 12.8. The number of hydrogen-bond donors (Lipinski definition) is 2. The molecular formula is C13H21N3O2. The number of nitrogens with one attached hydrogen (secondary N) is 2. The van der Waals surface area contributed by atoms with E-state index in [1.54, 1.807) is 4.90 Å². The molecule has 18 heavy (non-hydrogen) atoms. The predicted molar refractivity (Wildman–Crippen MR) is 69.0 cm³/mol. The van der Waals surface area contributed by atoms with Gasteiger partial charge < -0.3 is 15.5 Å². The van der Waals surface area contributed by atoms with Crippen LogP contribution in [0, 0.1) is 0 Å². The van der Waals surface area contributed by atoms with E-state index in [1.165, 1.54) is 5.57 Å². The maximum absolute atomic E-state index is 11.6. The minimum Gasteiger partial charge on any atom is -0.354 e. The van der Waals surface area contributed by atoms with Crippen molar-refractivity contribution in [1.82, 2.24) is 15.5 Å². The number of hydrogen-bond acceptors (Lipinski definition) is 3. The van der Waals surface area contributed by atoms with Crippen molar-refractivity contribution in [3.8, 4) is 0 Å². The van der Waals surface area contributed by atoms with E-state index < -0.39 is 0 Å². The zero-order valence-corrected chi connectivity index (χ0v) is 10.7. The van der Waals surface area contributed by atoms with Crippen LogP contribution in [-0.2, 0) is 9.59 Å². The standard InChI is InChI=1S/C13H21N3O2/c17-12(10-16-9-1-2-13(16)18)15-8-5-11-3-6-14-7-4-11/h3,14H,1-2,4-10H2,(H,15,17). The SMILES string of the molecule is O=C(CN1CCCC1=O)NCCC1=CCNCC1. The van der Waals surface area contributed by atoms with E-state index in [2.05, 4.69) is 16.7 Å². The fraction of sp³-hybridized carbons (Fsp3) is 0.692. The first kappa shape index (κ1) is 13.1. The van der Waals surface area contributed by atoms with Gasteiger partial charge in [0.25, 0.3) is 0 Å². The molecule has 0 aliphatic carbocycles. The normalized spacial score (nSPS) is 19.9. The van der Waals surface area contributed by atoms with Crippen LogP contribution in [0.3, 0.4) is 0 Å². The summed E-state index contributed by atoms with van der Waals surface area (Å²) in [6.45, 7) is 3.59. The van der Waals surface area contributed by atoms with Crippen molar-refractivity contribution in [2.75, 3.05) is 32.7 Å². The van der Waals surface area contributed by atoms with Crippen LogP contribution >= 0.6 is 0 Å². The van der Waals surface area contributed by atoms with Crippen molar-refractivity contribution in [3.05, 3.63) is 11.6 Å². The van der Waals surface area contributed by atoms with Crippen molar-refractivity contribution < 1.29 is 9.59 Å². The highest BCUT2D eigenvalue weighted by Crippen LogP contribution is 2.09. The van der Waals surface area contributed by atoms with Crippen LogP contribution in [0.4, 0.5) is 0 Å². The first-order valence-corrected chi connectivity index (χ1v) is 6.69. The summed E-state index contributed by atoms with van der Waals surface area (Å²) >= 11 is 0. The molecule has 2 N–H and O–H groups in total. The molecule has 0 aromatic rings. The van der Waals surface area contributed by atoms with Crippen LogP contribution in [0.15, 0.2) is 11.6 Å². The topological polar surface area (TPSA) is 61.4 Å². The van der Waals surface area contributed by atoms with Crippen LogP contribution in [0.2, 0.25) is 0 Å². The molecular weight excluding hydrogens is 230 g/mol. The summed E-state index contributed by atoms with van der Waals surface area (Å²) in [4.78, 5) is 24.6. The molecule has 0 bridgehead atoms. The third kappa shape index (κ3) is 3.84. The lowest BCUT2D eigenvalue weighted by molar-refractivity contribution is -0.133. The van der Waals surface area contributed by atoms with E-state index in [1.807, 2.05) is 0 Å². The molecule has 0 unspecified atom stereocenters. The second-order valence-corrected chi connectivity index (χ2v) is 4.84. The Labute approximate surface area is 108 Å². The van der Waals surface area contributed by atoms with Crippen LogP contribution in [-0.4, -0.2) is 49.4 Å². The van der Waals surface area contributed by atoms with Gasteiger partial charge in [-0.2, -0.15) is 0 Å². The molecule has 0 saturated carbocycles. The van der Waals surface area contributed by atoms with Gasteiger partial charge in [-0.25, -0.2) is 0 Å². The summed E-state index contributed by atoms with van der Waals surface area (Å²) in [5.41, 5.74) is 1.41. The largest absolute Gasteiger partial charge is 0.354 e. The third-order valence-corrected chi connectivity index (χ3v) is 3.43. The molecule has 100 valence electrons. The van der Waals surface area contributed by atoms with Crippen molar-refractivity contribution in [3.63, 3.8) is 0 Å². The van der Waals surface area contributed by atoms with Crippen molar-refractivity contribution >= 4 is 11.8 Å². The lowest BCUT2D eigenvalue weighted by atomic mass is 10.1. The van der Waals surface area contributed by atoms with Crippen molar-refractivity contribution in [2.24, 2.45) is 0 Å². The minimum absolute atomic E-state index is 0.0419. The van der Waals surface area contributed by atoms with Crippen LogP contribution < -0.4 is 10.6 Å². The molecule has 0 aromatic carbocycles. The van der Waals surface area contributed by atoms with Gasteiger partial charge in [-0.15, -0.1) is 0 Å². The van der Waals surface area contributed by atoms with Crippen molar-refractivity contribution in [2.45, 2.75) is 25.7 Å². The third-order valence-electron chi connectivity index (χ3n) is 3.43. The van der Waals surface area contributed by atoms with Gasteiger partial charge in [-0.05, 0) is 25.8 Å².